The van der Waals surface area contributed by atoms with Crippen LogP contribution in [-0.4, -0.2) is 30.4 Å². The van der Waals surface area contributed by atoms with Crippen LogP contribution >= 0.6 is 0 Å². The van der Waals surface area contributed by atoms with Gasteiger partial charge < -0.3 is 9.88 Å². The van der Waals surface area contributed by atoms with E-state index in [1.807, 2.05) is 61.0 Å². The molecule has 1 heterocycles. The molecule has 0 aliphatic rings. The van der Waals surface area contributed by atoms with E-state index in [0.717, 1.165) is 28.2 Å². The fraction of sp³-hybridized carbons (Fsp3) is 0.241. The summed E-state index contributed by atoms with van der Waals surface area (Å²) in [5, 5.41) is 2.90. The number of hydrogen-bond donors (Lipinski definition) is 1. The molecule has 1 amide bonds. The number of benzene rings is 3. The van der Waals surface area contributed by atoms with Gasteiger partial charge in [0, 0.05) is 18.9 Å². The molecule has 0 aliphatic heterocycles. The predicted octanol–water partition coefficient (Wildman–Crippen LogP) is 5.12. The Morgan fingerprint density at radius 1 is 0.973 bits per heavy atom. The standard InChI is InChI=1S/C29H32N4O3S/c1-21(2)24-11-13-26(14-12-24)33(37(35,36)27-15-9-22(3)10-16-27)20-29(34)31-19-25-7-5-6-8-28(25)32-18-17-30-23(32)4/h5-18,21H,19-20H2,1-4H3,(H,31,34). The van der Waals surface area contributed by atoms with Crippen molar-refractivity contribution in [1.82, 2.24) is 14.9 Å². The highest BCUT2D eigenvalue weighted by molar-refractivity contribution is 7.92. The van der Waals surface area contributed by atoms with Gasteiger partial charge in [-0.15, -0.1) is 0 Å². The van der Waals surface area contributed by atoms with Gasteiger partial charge >= 0.3 is 0 Å². The van der Waals surface area contributed by atoms with Gasteiger partial charge in [0.2, 0.25) is 5.91 Å². The van der Waals surface area contributed by atoms with Crippen molar-refractivity contribution < 1.29 is 13.2 Å². The molecule has 0 saturated heterocycles. The molecule has 0 unspecified atom stereocenters. The number of aryl methyl sites for hydroxylation is 2. The lowest BCUT2D eigenvalue weighted by Crippen LogP contribution is -2.40. The largest absolute Gasteiger partial charge is 0.350 e. The molecule has 0 fully saturated rings. The van der Waals surface area contributed by atoms with Gasteiger partial charge in [-0.2, -0.15) is 0 Å². The van der Waals surface area contributed by atoms with Crippen molar-refractivity contribution in [1.29, 1.82) is 0 Å². The molecule has 8 heteroatoms. The van der Waals surface area contributed by atoms with Crippen LogP contribution in [0.25, 0.3) is 5.69 Å². The van der Waals surface area contributed by atoms with Crippen molar-refractivity contribution in [3.8, 4) is 5.69 Å². The molecule has 0 radical (unpaired) electrons. The van der Waals surface area contributed by atoms with Crippen LogP contribution in [0.4, 0.5) is 5.69 Å². The van der Waals surface area contributed by atoms with E-state index < -0.39 is 15.9 Å². The highest BCUT2D eigenvalue weighted by Gasteiger charge is 2.27. The van der Waals surface area contributed by atoms with E-state index in [2.05, 4.69) is 24.1 Å². The van der Waals surface area contributed by atoms with Crippen LogP contribution < -0.4 is 9.62 Å². The number of aromatic nitrogens is 2. The van der Waals surface area contributed by atoms with Crippen molar-refractivity contribution in [2.45, 2.75) is 45.1 Å². The number of nitrogens with zero attached hydrogens (tertiary/aromatic N) is 3. The van der Waals surface area contributed by atoms with Crippen LogP contribution in [0.3, 0.4) is 0 Å². The van der Waals surface area contributed by atoms with E-state index in [-0.39, 0.29) is 18.0 Å². The lowest BCUT2D eigenvalue weighted by molar-refractivity contribution is -0.119. The van der Waals surface area contributed by atoms with Crippen molar-refractivity contribution >= 4 is 21.6 Å². The summed E-state index contributed by atoms with van der Waals surface area (Å²) in [7, 11) is -3.97. The monoisotopic (exact) mass is 516 g/mol. The summed E-state index contributed by atoms with van der Waals surface area (Å²) in [6.07, 6.45) is 3.59. The summed E-state index contributed by atoms with van der Waals surface area (Å²) in [5.41, 5.74) is 4.29. The van der Waals surface area contributed by atoms with Gasteiger partial charge in [-0.3, -0.25) is 9.10 Å². The quantitative estimate of drug-likeness (QED) is 0.335. The summed E-state index contributed by atoms with van der Waals surface area (Å²) in [6.45, 7) is 7.86. The van der Waals surface area contributed by atoms with Gasteiger partial charge in [-0.1, -0.05) is 61.9 Å². The van der Waals surface area contributed by atoms with E-state index >= 15 is 0 Å². The smallest absolute Gasteiger partial charge is 0.264 e. The zero-order chi connectivity index (χ0) is 26.6. The van der Waals surface area contributed by atoms with E-state index in [9.17, 15) is 13.2 Å². The van der Waals surface area contributed by atoms with Gasteiger partial charge in [-0.25, -0.2) is 13.4 Å². The molecule has 37 heavy (non-hydrogen) atoms. The number of amides is 1. The molecular formula is C29H32N4O3S. The number of nitrogens with one attached hydrogen (secondary N) is 1. The summed E-state index contributed by atoms with van der Waals surface area (Å²) >= 11 is 0. The molecular weight excluding hydrogens is 484 g/mol. The van der Waals surface area contributed by atoms with Crippen LogP contribution in [0.15, 0.2) is 90.1 Å². The van der Waals surface area contributed by atoms with Gasteiger partial charge in [0.1, 0.15) is 12.4 Å². The lowest BCUT2D eigenvalue weighted by atomic mass is 10.0. The second kappa shape index (κ2) is 11.0. The third-order valence-corrected chi connectivity index (χ3v) is 8.08. The molecule has 4 rings (SSSR count). The normalized spacial score (nSPS) is 11.5. The third kappa shape index (κ3) is 5.91. The van der Waals surface area contributed by atoms with Gasteiger partial charge in [0.05, 0.1) is 16.3 Å². The molecule has 0 bridgehead atoms. The maximum Gasteiger partial charge on any atom is 0.264 e. The van der Waals surface area contributed by atoms with Gasteiger partial charge in [0.25, 0.3) is 10.0 Å². The maximum atomic E-state index is 13.7. The Kier molecular flexibility index (Phi) is 7.78. The Morgan fingerprint density at radius 2 is 1.65 bits per heavy atom. The zero-order valence-electron chi connectivity index (χ0n) is 21.5. The molecule has 0 saturated carbocycles. The van der Waals surface area contributed by atoms with Crippen LogP contribution in [0, 0.1) is 13.8 Å². The fourth-order valence-corrected chi connectivity index (χ4v) is 5.51. The first-order valence-electron chi connectivity index (χ1n) is 12.2. The minimum absolute atomic E-state index is 0.139. The average molecular weight is 517 g/mol. The highest BCUT2D eigenvalue weighted by atomic mass is 32.2. The first-order chi connectivity index (χ1) is 17.7. The summed E-state index contributed by atoms with van der Waals surface area (Å²) in [5.74, 6) is 0.735. The minimum Gasteiger partial charge on any atom is -0.350 e. The lowest BCUT2D eigenvalue weighted by Gasteiger charge is -2.25. The predicted molar refractivity (Wildman–Crippen MR) is 146 cm³/mol. The molecule has 0 spiro atoms. The number of carbonyl (C=O) groups is 1. The van der Waals surface area contributed by atoms with Gasteiger partial charge in [0.15, 0.2) is 0 Å². The second-order valence-electron chi connectivity index (χ2n) is 9.32. The zero-order valence-corrected chi connectivity index (χ0v) is 22.4. The average Bonchev–Trinajstić information content (AvgIpc) is 3.32. The van der Waals surface area contributed by atoms with Crippen molar-refractivity contribution in [3.05, 3.63) is 108 Å². The van der Waals surface area contributed by atoms with Crippen molar-refractivity contribution in [3.63, 3.8) is 0 Å². The summed E-state index contributed by atoms with van der Waals surface area (Å²) < 4.78 is 30.4. The number of imidazole rings is 1. The Bertz CT molecular complexity index is 1470. The third-order valence-electron chi connectivity index (χ3n) is 6.30. The second-order valence-corrected chi connectivity index (χ2v) is 11.2. The molecule has 1 aromatic heterocycles. The molecule has 0 atom stereocenters. The highest BCUT2D eigenvalue weighted by Crippen LogP contribution is 2.26. The van der Waals surface area contributed by atoms with E-state index in [0.29, 0.717) is 11.6 Å². The number of carbonyl (C=O) groups excluding carboxylic acids is 1. The molecule has 0 aliphatic carbocycles. The van der Waals surface area contributed by atoms with Crippen molar-refractivity contribution in [2.24, 2.45) is 0 Å². The van der Waals surface area contributed by atoms with Crippen LogP contribution in [0.2, 0.25) is 0 Å². The summed E-state index contributed by atoms with van der Waals surface area (Å²) in [6, 6.07) is 21.7. The first-order valence-corrected chi connectivity index (χ1v) is 13.6. The van der Waals surface area contributed by atoms with Gasteiger partial charge in [-0.05, 0) is 61.2 Å². The number of rotatable bonds is 9. The molecule has 1 N–H and O–H groups in total. The summed E-state index contributed by atoms with van der Waals surface area (Å²) in [4.78, 5) is 17.6. The topological polar surface area (TPSA) is 84.3 Å². The minimum atomic E-state index is -3.97. The molecule has 3 aromatic carbocycles. The Morgan fingerprint density at radius 3 is 2.27 bits per heavy atom. The molecule has 7 nitrogen and oxygen atoms in total. The Labute approximate surface area is 218 Å². The maximum absolute atomic E-state index is 13.7. The molecule has 192 valence electrons. The first kappa shape index (κ1) is 26.2. The Balaban J connectivity index is 1.59. The Hall–Kier alpha value is -3.91. The van der Waals surface area contributed by atoms with Crippen LogP contribution in [-0.2, 0) is 21.4 Å². The van der Waals surface area contributed by atoms with Crippen molar-refractivity contribution in [2.75, 3.05) is 10.8 Å². The number of anilines is 1. The number of para-hydroxylation sites is 1. The van der Waals surface area contributed by atoms with E-state index in [1.54, 1.807) is 42.6 Å². The van der Waals surface area contributed by atoms with Crippen LogP contribution in [0.5, 0.6) is 0 Å². The fourth-order valence-electron chi connectivity index (χ4n) is 4.09. The van der Waals surface area contributed by atoms with E-state index in [4.69, 9.17) is 0 Å². The van der Waals surface area contributed by atoms with E-state index in [1.165, 1.54) is 4.31 Å². The van der Waals surface area contributed by atoms with Crippen LogP contribution in [0.1, 0.15) is 42.3 Å². The molecule has 4 aromatic rings. The number of sulfonamides is 1. The number of hydrogen-bond acceptors (Lipinski definition) is 4. The SMILES string of the molecule is Cc1ccc(S(=O)(=O)N(CC(=O)NCc2ccccc2-n2ccnc2C)c2ccc(C(C)C)cc2)cc1.